The normalized spacial score (nSPS) is 24.4. The van der Waals surface area contributed by atoms with E-state index in [1.165, 1.54) is 24.8 Å². The monoisotopic (exact) mass is 233 g/mol. The summed E-state index contributed by atoms with van der Waals surface area (Å²) in [5, 5.41) is 0. The van der Waals surface area contributed by atoms with Crippen molar-refractivity contribution in [2.75, 3.05) is 4.90 Å². The summed E-state index contributed by atoms with van der Waals surface area (Å²) in [6.07, 6.45) is 3.72. The van der Waals surface area contributed by atoms with Crippen LogP contribution in [0.25, 0.3) is 0 Å². The van der Waals surface area contributed by atoms with Crippen LogP contribution in [-0.4, -0.2) is 17.1 Å². The molecule has 2 rings (SSSR count). The second-order valence-electron chi connectivity index (χ2n) is 5.04. The van der Waals surface area contributed by atoms with Gasteiger partial charge in [0.05, 0.1) is 0 Å². The third kappa shape index (κ3) is 2.29. The molecule has 1 fully saturated rings. The maximum absolute atomic E-state index is 5.83. The van der Waals surface area contributed by atoms with Crippen LogP contribution in [0.1, 0.15) is 44.4 Å². The first-order chi connectivity index (χ1) is 8.17. The molecule has 2 atom stereocenters. The Morgan fingerprint density at radius 1 is 1.41 bits per heavy atom. The lowest BCUT2D eigenvalue weighted by Crippen LogP contribution is -2.36. The van der Waals surface area contributed by atoms with Crippen molar-refractivity contribution in [1.82, 2.24) is 4.98 Å². The number of rotatable bonds is 3. The van der Waals surface area contributed by atoms with Crippen molar-refractivity contribution in [3.8, 4) is 0 Å². The Bertz CT molecular complexity index is 389. The van der Waals surface area contributed by atoms with Gasteiger partial charge in [0, 0.05) is 29.9 Å². The molecule has 94 valence electrons. The van der Waals surface area contributed by atoms with Gasteiger partial charge in [0.1, 0.15) is 5.82 Å². The SMILES string of the molecule is CCC1CCC(C)N1c1nc(C)ccc1CN. The van der Waals surface area contributed by atoms with Crippen molar-refractivity contribution in [3.63, 3.8) is 0 Å². The predicted octanol–water partition coefficient (Wildman–Crippen LogP) is 2.62. The van der Waals surface area contributed by atoms with Crippen LogP contribution in [0, 0.1) is 6.92 Å². The summed E-state index contributed by atoms with van der Waals surface area (Å²) in [6, 6.07) is 5.38. The topological polar surface area (TPSA) is 42.2 Å². The Balaban J connectivity index is 2.40. The highest BCUT2D eigenvalue weighted by atomic mass is 15.3. The van der Waals surface area contributed by atoms with Gasteiger partial charge in [-0.05, 0) is 39.2 Å². The molecule has 0 amide bonds. The van der Waals surface area contributed by atoms with E-state index in [0.29, 0.717) is 18.6 Å². The summed E-state index contributed by atoms with van der Waals surface area (Å²) >= 11 is 0. The van der Waals surface area contributed by atoms with Gasteiger partial charge in [-0.1, -0.05) is 13.0 Å². The number of nitrogens with zero attached hydrogens (tertiary/aromatic N) is 2. The smallest absolute Gasteiger partial charge is 0.133 e. The fraction of sp³-hybridized carbons (Fsp3) is 0.643. The second kappa shape index (κ2) is 5.05. The Hall–Kier alpha value is -1.09. The first-order valence-electron chi connectivity index (χ1n) is 6.62. The first kappa shape index (κ1) is 12.4. The maximum Gasteiger partial charge on any atom is 0.133 e. The van der Waals surface area contributed by atoms with E-state index in [1.54, 1.807) is 0 Å². The van der Waals surface area contributed by atoms with E-state index in [9.17, 15) is 0 Å². The number of aromatic nitrogens is 1. The summed E-state index contributed by atoms with van der Waals surface area (Å²) in [7, 11) is 0. The van der Waals surface area contributed by atoms with Gasteiger partial charge >= 0.3 is 0 Å². The molecule has 1 aliphatic heterocycles. The highest BCUT2D eigenvalue weighted by molar-refractivity contribution is 5.50. The van der Waals surface area contributed by atoms with Crippen LogP contribution in [0.5, 0.6) is 0 Å². The molecule has 0 aliphatic carbocycles. The van der Waals surface area contributed by atoms with Crippen molar-refractivity contribution in [3.05, 3.63) is 23.4 Å². The quantitative estimate of drug-likeness (QED) is 0.872. The largest absolute Gasteiger partial charge is 0.351 e. The van der Waals surface area contributed by atoms with E-state index in [4.69, 9.17) is 10.7 Å². The summed E-state index contributed by atoms with van der Waals surface area (Å²) in [5.74, 6) is 1.12. The fourth-order valence-corrected chi connectivity index (χ4v) is 2.81. The number of pyridine rings is 1. The number of hydrogen-bond acceptors (Lipinski definition) is 3. The minimum absolute atomic E-state index is 0.572. The molecule has 2 heterocycles. The van der Waals surface area contributed by atoms with Crippen LogP contribution in [0.15, 0.2) is 12.1 Å². The summed E-state index contributed by atoms with van der Waals surface area (Å²) in [5.41, 5.74) is 8.08. The van der Waals surface area contributed by atoms with Crippen molar-refractivity contribution < 1.29 is 0 Å². The van der Waals surface area contributed by atoms with E-state index >= 15 is 0 Å². The van der Waals surface area contributed by atoms with Gasteiger partial charge in [0.15, 0.2) is 0 Å². The van der Waals surface area contributed by atoms with Crippen LogP contribution in [-0.2, 0) is 6.54 Å². The molecule has 0 aromatic carbocycles. The average Bonchev–Trinajstić information content (AvgIpc) is 2.70. The Morgan fingerprint density at radius 3 is 2.82 bits per heavy atom. The molecular formula is C14H23N3. The standard InChI is InChI=1S/C14H23N3/c1-4-13-8-6-11(3)17(13)14-12(9-15)7-5-10(2)16-14/h5,7,11,13H,4,6,8-9,15H2,1-3H3. The Kier molecular flexibility index (Phi) is 3.67. The summed E-state index contributed by atoms with van der Waals surface area (Å²) in [6.45, 7) is 7.17. The minimum atomic E-state index is 0.572. The van der Waals surface area contributed by atoms with E-state index < -0.39 is 0 Å². The van der Waals surface area contributed by atoms with Gasteiger partial charge in [-0.25, -0.2) is 4.98 Å². The number of aryl methyl sites for hydroxylation is 1. The summed E-state index contributed by atoms with van der Waals surface area (Å²) in [4.78, 5) is 7.20. The molecule has 0 spiro atoms. The van der Waals surface area contributed by atoms with Crippen LogP contribution in [0.3, 0.4) is 0 Å². The number of anilines is 1. The molecule has 1 aromatic rings. The molecule has 1 aliphatic rings. The Morgan fingerprint density at radius 2 is 2.18 bits per heavy atom. The highest BCUT2D eigenvalue weighted by Crippen LogP contribution is 2.32. The van der Waals surface area contributed by atoms with Gasteiger partial charge in [0.2, 0.25) is 0 Å². The van der Waals surface area contributed by atoms with Crippen LogP contribution in [0.4, 0.5) is 5.82 Å². The number of nitrogens with two attached hydrogens (primary N) is 1. The lowest BCUT2D eigenvalue weighted by molar-refractivity contribution is 0.617. The summed E-state index contributed by atoms with van der Waals surface area (Å²) < 4.78 is 0. The maximum atomic E-state index is 5.83. The van der Waals surface area contributed by atoms with Crippen molar-refractivity contribution in [1.29, 1.82) is 0 Å². The molecule has 0 saturated carbocycles. The van der Waals surface area contributed by atoms with E-state index in [0.717, 1.165) is 11.5 Å². The zero-order valence-electron chi connectivity index (χ0n) is 11.1. The first-order valence-corrected chi connectivity index (χ1v) is 6.62. The number of hydrogen-bond donors (Lipinski definition) is 1. The zero-order chi connectivity index (χ0) is 12.4. The van der Waals surface area contributed by atoms with Crippen molar-refractivity contribution >= 4 is 5.82 Å². The van der Waals surface area contributed by atoms with E-state index in [1.807, 2.05) is 13.0 Å². The zero-order valence-corrected chi connectivity index (χ0v) is 11.1. The molecule has 17 heavy (non-hydrogen) atoms. The molecular weight excluding hydrogens is 210 g/mol. The van der Waals surface area contributed by atoms with E-state index in [2.05, 4.69) is 24.8 Å². The van der Waals surface area contributed by atoms with Gasteiger partial charge in [-0.15, -0.1) is 0 Å². The molecule has 3 heteroatoms. The third-order valence-corrected chi connectivity index (χ3v) is 3.82. The second-order valence-corrected chi connectivity index (χ2v) is 5.04. The fourth-order valence-electron chi connectivity index (χ4n) is 2.81. The van der Waals surface area contributed by atoms with Crippen LogP contribution < -0.4 is 10.6 Å². The van der Waals surface area contributed by atoms with Gasteiger partial charge < -0.3 is 10.6 Å². The van der Waals surface area contributed by atoms with E-state index in [-0.39, 0.29) is 0 Å². The van der Waals surface area contributed by atoms with Crippen LogP contribution >= 0.6 is 0 Å². The molecule has 3 nitrogen and oxygen atoms in total. The van der Waals surface area contributed by atoms with Crippen molar-refractivity contribution in [2.45, 2.75) is 58.7 Å². The molecule has 0 bridgehead atoms. The molecule has 1 aromatic heterocycles. The van der Waals surface area contributed by atoms with Gasteiger partial charge in [-0.2, -0.15) is 0 Å². The third-order valence-electron chi connectivity index (χ3n) is 3.82. The van der Waals surface area contributed by atoms with Crippen molar-refractivity contribution in [2.24, 2.45) is 5.73 Å². The van der Waals surface area contributed by atoms with Gasteiger partial charge in [0.25, 0.3) is 0 Å². The lowest BCUT2D eigenvalue weighted by atomic mass is 10.1. The molecule has 1 saturated heterocycles. The molecule has 0 radical (unpaired) electrons. The molecule has 2 unspecified atom stereocenters. The predicted molar refractivity (Wildman–Crippen MR) is 72.1 cm³/mol. The van der Waals surface area contributed by atoms with Crippen LogP contribution in [0.2, 0.25) is 0 Å². The highest BCUT2D eigenvalue weighted by Gasteiger charge is 2.31. The Labute approximate surface area is 104 Å². The molecule has 2 N–H and O–H groups in total. The lowest BCUT2D eigenvalue weighted by Gasteiger charge is -2.31. The van der Waals surface area contributed by atoms with Gasteiger partial charge in [-0.3, -0.25) is 0 Å². The average molecular weight is 233 g/mol. The minimum Gasteiger partial charge on any atom is -0.351 e.